The van der Waals surface area contributed by atoms with Crippen molar-refractivity contribution in [3.8, 4) is 11.3 Å². The van der Waals surface area contributed by atoms with E-state index < -0.39 is 21.4 Å². The van der Waals surface area contributed by atoms with Crippen molar-refractivity contribution in [2.45, 2.75) is 36.9 Å². The van der Waals surface area contributed by atoms with E-state index in [0.29, 0.717) is 44.1 Å². The monoisotopic (exact) mass is 572 g/mol. The van der Waals surface area contributed by atoms with Gasteiger partial charge in [-0.3, -0.25) is 4.79 Å². The summed E-state index contributed by atoms with van der Waals surface area (Å²) in [5.41, 5.74) is 2.70. The zero-order valence-electron chi connectivity index (χ0n) is 20.2. The van der Waals surface area contributed by atoms with Crippen molar-refractivity contribution in [1.82, 2.24) is 4.98 Å². The molecular weight excluding hydrogens is 550 g/mol. The van der Waals surface area contributed by atoms with Gasteiger partial charge in [0.1, 0.15) is 16.5 Å². The zero-order chi connectivity index (χ0) is 27.0. The number of aromatic nitrogens is 1. The molecule has 1 N–H and O–H groups in total. The van der Waals surface area contributed by atoms with Crippen LogP contribution in [0, 0.1) is 5.82 Å². The summed E-state index contributed by atoms with van der Waals surface area (Å²) in [6, 6.07) is 16.2. The molecular formula is C28H23Cl2FN2O4S. The maximum Gasteiger partial charge on any atom is 0.228 e. The summed E-state index contributed by atoms with van der Waals surface area (Å²) in [6.45, 7) is 1.61. The smallest absolute Gasteiger partial charge is 0.228 e. The molecule has 0 bridgehead atoms. The molecule has 5 rings (SSSR count). The van der Waals surface area contributed by atoms with Gasteiger partial charge in [0.15, 0.2) is 5.76 Å². The molecule has 1 amide bonds. The van der Waals surface area contributed by atoms with Gasteiger partial charge in [-0.15, -0.1) is 0 Å². The van der Waals surface area contributed by atoms with Crippen molar-refractivity contribution in [3.05, 3.63) is 105 Å². The summed E-state index contributed by atoms with van der Waals surface area (Å²) >= 11 is 13.3. The molecule has 1 aliphatic carbocycles. The Hall–Kier alpha value is -3.20. The van der Waals surface area contributed by atoms with Crippen LogP contribution in [-0.4, -0.2) is 19.3 Å². The van der Waals surface area contributed by atoms with Gasteiger partial charge in [-0.25, -0.2) is 17.8 Å². The lowest BCUT2D eigenvalue weighted by Gasteiger charge is -2.17. The third-order valence-electron chi connectivity index (χ3n) is 6.74. The number of thiol groups is 1. The Balaban J connectivity index is 1.31. The second-order valence-electron chi connectivity index (χ2n) is 9.36. The minimum Gasteiger partial charge on any atom is -0.440 e. The van der Waals surface area contributed by atoms with Crippen LogP contribution >= 0.6 is 23.2 Å². The highest BCUT2D eigenvalue weighted by Gasteiger charge is 2.52. The van der Waals surface area contributed by atoms with Crippen molar-refractivity contribution < 1.29 is 22.0 Å². The molecule has 10 heteroatoms. The Labute approximate surface area is 230 Å². The summed E-state index contributed by atoms with van der Waals surface area (Å²) < 4.78 is 41.7. The van der Waals surface area contributed by atoms with Gasteiger partial charge in [0.2, 0.25) is 11.8 Å². The van der Waals surface area contributed by atoms with Gasteiger partial charge in [-0.1, -0.05) is 47.5 Å². The Bertz CT molecular complexity index is 1550. The second-order valence-corrected chi connectivity index (χ2v) is 11.5. The van der Waals surface area contributed by atoms with Crippen LogP contribution in [0.5, 0.6) is 0 Å². The van der Waals surface area contributed by atoms with Gasteiger partial charge >= 0.3 is 0 Å². The first-order valence-corrected chi connectivity index (χ1v) is 13.9. The number of rotatable bonds is 8. The highest BCUT2D eigenvalue weighted by atomic mass is 35.5. The number of nitrogens with one attached hydrogen (secondary N) is 1. The molecule has 0 aliphatic heterocycles. The third-order valence-corrected chi connectivity index (χ3v) is 8.27. The number of carbonyl (C=O) groups is 1. The van der Waals surface area contributed by atoms with E-state index in [-0.39, 0.29) is 18.1 Å². The van der Waals surface area contributed by atoms with Crippen molar-refractivity contribution in [2.75, 3.05) is 5.32 Å². The summed E-state index contributed by atoms with van der Waals surface area (Å²) in [5.74, 6) is 0.405. The number of oxazole rings is 1. The van der Waals surface area contributed by atoms with Gasteiger partial charge in [-0.2, -0.15) is 0 Å². The largest absolute Gasteiger partial charge is 0.440 e. The van der Waals surface area contributed by atoms with Gasteiger partial charge in [0.05, 0.1) is 23.3 Å². The fourth-order valence-corrected chi connectivity index (χ4v) is 5.73. The summed E-state index contributed by atoms with van der Waals surface area (Å²) in [6.07, 6.45) is 3.20. The van der Waals surface area contributed by atoms with E-state index in [1.807, 2.05) is 0 Å². The van der Waals surface area contributed by atoms with Crippen LogP contribution in [0.25, 0.3) is 11.3 Å². The van der Waals surface area contributed by atoms with Crippen LogP contribution in [0.2, 0.25) is 10.0 Å². The molecule has 1 saturated carbocycles. The Kier molecular flexibility index (Phi) is 7.31. The number of benzene rings is 3. The van der Waals surface area contributed by atoms with Crippen LogP contribution in [-0.2, 0) is 27.3 Å². The number of amides is 1. The van der Waals surface area contributed by atoms with Gasteiger partial charge in [0, 0.05) is 26.9 Å². The number of anilines is 1. The van der Waals surface area contributed by atoms with Crippen LogP contribution in [0.4, 0.5) is 10.1 Å². The molecule has 1 heterocycles. The Morgan fingerprint density at radius 2 is 1.71 bits per heavy atom. The first-order valence-electron chi connectivity index (χ1n) is 11.9. The molecule has 0 saturated heterocycles. The predicted octanol–water partition coefficient (Wildman–Crippen LogP) is 6.72. The molecule has 1 aliphatic rings. The molecule has 3 aromatic carbocycles. The zero-order valence-corrected chi connectivity index (χ0v) is 22.6. The first kappa shape index (κ1) is 26.4. The molecule has 1 aromatic heterocycles. The summed E-state index contributed by atoms with van der Waals surface area (Å²) in [7, 11) is -2.56. The van der Waals surface area contributed by atoms with Crippen LogP contribution in [0.15, 0.2) is 71.3 Å². The van der Waals surface area contributed by atoms with Crippen LogP contribution in [0.1, 0.15) is 47.6 Å². The molecule has 4 aromatic rings. The topological polar surface area (TPSA) is 89.3 Å². The standard InChI is InChI=1S/C28H23Cl2FN2O4S/c1-16(38(35)36)18-4-2-17(3-5-18)12-25(34)33-21-13-22(29)26(23(30)14-21)28(10-11-28)27-32-15-24(37-27)19-6-8-20(31)9-7-19/h2-9,13-16,38H,10-12H2,1H3,(H,33,34). The molecule has 1 fully saturated rings. The summed E-state index contributed by atoms with van der Waals surface area (Å²) in [4.78, 5) is 17.1. The minimum absolute atomic E-state index is 0.0988. The maximum atomic E-state index is 13.3. The average molecular weight is 573 g/mol. The van der Waals surface area contributed by atoms with Crippen LogP contribution < -0.4 is 5.32 Å². The lowest BCUT2D eigenvalue weighted by molar-refractivity contribution is -0.115. The quantitative estimate of drug-likeness (QED) is 0.229. The Morgan fingerprint density at radius 3 is 2.29 bits per heavy atom. The van der Waals surface area contributed by atoms with E-state index in [2.05, 4.69) is 10.3 Å². The lowest BCUT2D eigenvalue weighted by atomic mass is 9.95. The fraction of sp³-hybridized carbons (Fsp3) is 0.214. The maximum absolute atomic E-state index is 13.3. The minimum atomic E-state index is -2.56. The first-order chi connectivity index (χ1) is 18.2. The van der Waals surface area contributed by atoms with E-state index in [1.54, 1.807) is 61.7 Å². The van der Waals surface area contributed by atoms with Gasteiger partial charge < -0.3 is 9.73 Å². The highest BCUT2D eigenvalue weighted by molar-refractivity contribution is 7.72. The normalized spacial score (nSPS) is 14.9. The van der Waals surface area contributed by atoms with E-state index in [4.69, 9.17) is 27.6 Å². The number of hydrogen-bond donors (Lipinski definition) is 2. The summed E-state index contributed by atoms with van der Waals surface area (Å²) in [5, 5.41) is 3.01. The molecule has 1 unspecified atom stereocenters. The van der Waals surface area contributed by atoms with Crippen molar-refractivity contribution >= 4 is 45.5 Å². The SMILES string of the molecule is CC(c1ccc(CC(=O)Nc2cc(Cl)c(C3(c4ncc(-c5ccc(F)cc5)o4)CC3)c(Cl)c2)cc1)[SH](=O)=O. The van der Waals surface area contributed by atoms with Gasteiger partial charge in [-0.05, 0) is 67.3 Å². The predicted molar refractivity (Wildman–Crippen MR) is 146 cm³/mol. The third kappa shape index (κ3) is 5.34. The van der Waals surface area contributed by atoms with Gasteiger partial charge in [0.25, 0.3) is 0 Å². The number of carbonyl (C=O) groups excluding carboxylic acids is 1. The number of hydrogen-bond acceptors (Lipinski definition) is 5. The molecule has 38 heavy (non-hydrogen) atoms. The lowest BCUT2D eigenvalue weighted by Crippen LogP contribution is -2.16. The molecule has 0 radical (unpaired) electrons. The highest BCUT2D eigenvalue weighted by Crippen LogP contribution is 2.57. The van der Waals surface area contributed by atoms with E-state index in [9.17, 15) is 17.6 Å². The molecule has 196 valence electrons. The van der Waals surface area contributed by atoms with E-state index in [0.717, 1.165) is 18.4 Å². The molecule has 0 spiro atoms. The van der Waals surface area contributed by atoms with Crippen molar-refractivity contribution in [1.29, 1.82) is 0 Å². The molecule has 6 nitrogen and oxygen atoms in total. The Morgan fingerprint density at radius 1 is 1.08 bits per heavy atom. The number of nitrogens with zero attached hydrogens (tertiary/aromatic N) is 1. The van der Waals surface area contributed by atoms with Crippen molar-refractivity contribution in [2.24, 2.45) is 0 Å². The van der Waals surface area contributed by atoms with Crippen molar-refractivity contribution in [3.63, 3.8) is 0 Å². The van der Waals surface area contributed by atoms with E-state index in [1.165, 1.54) is 12.1 Å². The number of halogens is 3. The average Bonchev–Trinajstić information content (AvgIpc) is 3.50. The van der Waals surface area contributed by atoms with Crippen LogP contribution in [0.3, 0.4) is 0 Å². The molecule has 1 atom stereocenters. The fourth-order valence-electron chi connectivity index (χ4n) is 4.47. The second kappa shape index (κ2) is 10.5. The van der Waals surface area contributed by atoms with E-state index >= 15 is 0 Å².